The molecule has 4 aromatic rings. The van der Waals surface area contributed by atoms with Crippen molar-refractivity contribution >= 4 is 32.7 Å². The minimum Gasteiger partial charge on any atom is -0.389 e. The van der Waals surface area contributed by atoms with Crippen molar-refractivity contribution < 1.29 is 18.3 Å². The highest BCUT2D eigenvalue weighted by molar-refractivity contribution is 7.93. The van der Waals surface area contributed by atoms with Crippen LogP contribution in [0, 0.1) is 0 Å². The van der Waals surface area contributed by atoms with Gasteiger partial charge < -0.3 is 10.0 Å². The van der Waals surface area contributed by atoms with Gasteiger partial charge in [0.05, 0.1) is 16.8 Å². The van der Waals surface area contributed by atoms with E-state index in [4.69, 9.17) is 0 Å². The number of piperidine rings is 1. The molecule has 1 fully saturated rings. The van der Waals surface area contributed by atoms with E-state index in [-0.39, 0.29) is 16.3 Å². The van der Waals surface area contributed by atoms with Crippen molar-refractivity contribution in [1.82, 2.24) is 24.6 Å². The van der Waals surface area contributed by atoms with E-state index in [0.717, 1.165) is 5.69 Å². The summed E-state index contributed by atoms with van der Waals surface area (Å²) >= 11 is 0. The molecule has 0 atom stereocenters. The second-order valence-electron chi connectivity index (χ2n) is 9.04. The maximum absolute atomic E-state index is 13.0. The van der Waals surface area contributed by atoms with Gasteiger partial charge in [-0.25, -0.2) is 8.42 Å². The summed E-state index contributed by atoms with van der Waals surface area (Å²) in [5.74, 6) is -0.159. The summed E-state index contributed by atoms with van der Waals surface area (Å²) in [5, 5.41) is 15.3. The molecule has 0 unspecified atom stereocenters. The maximum Gasteiger partial charge on any atom is 0.264 e. The largest absolute Gasteiger partial charge is 0.389 e. The first-order valence-corrected chi connectivity index (χ1v) is 13.0. The van der Waals surface area contributed by atoms with Crippen LogP contribution in [0.25, 0.3) is 11.0 Å². The van der Waals surface area contributed by atoms with E-state index >= 15 is 0 Å². The molecule has 2 N–H and O–H groups in total. The van der Waals surface area contributed by atoms with Crippen LogP contribution >= 0.6 is 0 Å². The lowest BCUT2D eigenvalue weighted by Crippen LogP contribution is -2.47. The van der Waals surface area contributed by atoms with Crippen LogP contribution in [-0.2, 0) is 23.5 Å². The number of fused-ring (bicyclic) bond motifs is 1. The van der Waals surface area contributed by atoms with Gasteiger partial charge in [0.15, 0.2) is 0 Å². The molecule has 2 aromatic heterocycles. The van der Waals surface area contributed by atoms with Crippen molar-refractivity contribution in [3.8, 4) is 0 Å². The number of anilines is 1. The maximum atomic E-state index is 13.0. The van der Waals surface area contributed by atoms with Gasteiger partial charge >= 0.3 is 0 Å². The van der Waals surface area contributed by atoms with Gasteiger partial charge in [0.25, 0.3) is 15.9 Å². The lowest BCUT2D eigenvalue weighted by molar-refractivity contribution is -0.0169. The Hall–Kier alpha value is -3.83. The third kappa shape index (κ3) is 4.93. The Bertz CT molecular complexity index is 1500. The van der Waals surface area contributed by atoms with Crippen LogP contribution in [0.15, 0.2) is 72.0 Å². The second-order valence-corrected chi connectivity index (χ2v) is 10.7. The number of para-hydroxylation sites is 1. The predicted molar refractivity (Wildman–Crippen MR) is 134 cm³/mol. The smallest absolute Gasteiger partial charge is 0.264 e. The number of rotatable bonds is 6. The molecule has 5 rings (SSSR count). The number of amides is 1. The van der Waals surface area contributed by atoms with Gasteiger partial charge in [-0.3, -0.25) is 24.2 Å². The molecule has 10 nitrogen and oxygen atoms in total. The van der Waals surface area contributed by atoms with Crippen LogP contribution in [0.3, 0.4) is 0 Å². The van der Waals surface area contributed by atoms with Crippen LogP contribution in [0.1, 0.15) is 28.9 Å². The molecule has 0 bridgehead atoms. The molecule has 1 saturated heterocycles. The normalized spacial score (nSPS) is 15.7. The standard InChI is InChI=1S/C25H26N6O4S/c1-30-14-9-20(28-30)17-25(33)10-15-31(16-11-25)24(32)18-5-7-19(8-6-18)29-36(34,35)22-4-2-3-21-23(22)27-13-12-26-21/h2-9,12-14,29,33H,10-11,15-17H2,1H3. The number of carbonyl (C=O) groups excluding carboxylic acids is 1. The van der Waals surface area contributed by atoms with E-state index in [2.05, 4.69) is 19.8 Å². The fourth-order valence-corrected chi connectivity index (χ4v) is 5.68. The van der Waals surface area contributed by atoms with E-state index in [1.165, 1.54) is 18.5 Å². The van der Waals surface area contributed by atoms with Crippen molar-refractivity contribution in [2.45, 2.75) is 29.8 Å². The number of benzene rings is 2. The number of likely N-dealkylation sites (tertiary alicyclic amines) is 1. The summed E-state index contributed by atoms with van der Waals surface area (Å²) in [6, 6.07) is 13.0. The fourth-order valence-electron chi connectivity index (χ4n) is 4.45. The van der Waals surface area contributed by atoms with Crippen LogP contribution in [0.2, 0.25) is 0 Å². The lowest BCUT2D eigenvalue weighted by atomic mass is 9.87. The highest BCUT2D eigenvalue weighted by Gasteiger charge is 2.35. The molecule has 1 amide bonds. The Balaban J connectivity index is 1.24. The summed E-state index contributed by atoms with van der Waals surface area (Å²) in [5.41, 5.74) is 1.48. The first-order chi connectivity index (χ1) is 17.2. The summed E-state index contributed by atoms with van der Waals surface area (Å²) in [6.07, 6.45) is 6.17. The van der Waals surface area contributed by atoms with Gasteiger partial charge in [0.1, 0.15) is 10.4 Å². The first-order valence-electron chi connectivity index (χ1n) is 11.6. The Morgan fingerprint density at radius 3 is 2.47 bits per heavy atom. The van der Waals surface area contributed by atoms with Crippen LogP contribution in [-0.4, -0.2) is 62.8 Å². The summed E-state index contributed by atoms with van der Waals surface area (Å²) in [4.78, 5) is 23.1. The molecular formula is C25H26N6O4S. The average molecular weight is 507 g/mol. The van der Waals surface area contributed by atoms with Crippen molar-refractivity contribution in [2.75, 3.05) is 17.8 Å². The number of nitrogens with zero attached hydrogens (tertiary/aromatic N) is 5. The molecule has 36 heavy (non-hydrogen) atoms. The zero-order chi connectivity index (χ0) is 25.3. The van der Waals surface area contributed by atoms with Crippen LogP contribution < -0.4 is 4.72 Å². The zero-order valence-electron chi connectivity index (χ0n) is 19.7. The van der Waals surface area contributed by atoms with Crippen molar-refractivity contribution in [1.29, 1.82) is 0 Å². The second kappa shape index (κ2) is 9.32. The summed E-state index contributed by atoms with van der Waals surface area (Å²) < 4.78 is 30.2. The highest BCUT2D eigenvalue weighted by Crippen LogP contribution is 2.27. The van der Waals surface area contributed by atoms with Gasteiger partial charge in [-0.2, -0.15) is 5.10 Å². The Morgan fingerprint density at radius 2 is 1.78 bits per heavy atom. The van der Waals surface area contributed by atoms with E-state index in [1.54, 1.807) is 46.0 Å². The number of aryl methyl sites for hydroxylation is 1. The molecule has 0 spiro atoms. The first kappa shape index (κ1) is 23.9. The number of sulfonamides is 1. The molecule has 0 saturated carbocycles. The van der Waals surface area contributed by atoms with Gasteiger partial charge in [-0.1, -0.05) is 6.07 Å². The molecule has 11 heteroatoms. The SMILES string of the molecule is Cn1ccc(CC2(O)CCN(C(=O)c3ccc(NS(=O)(=O)c4cccc5nccnc45)cc3)CC2)n1. The number of carbonyl (C=O) groups is 1. The number of nitrogens with one attached hydrogen (secondary N) is 1. The molecule has 2 aromatic carbocycles. The predicted octanol–water partition coefficient (Wildman–Crippen LogP) is 2.37. The molecule has 0 radical (unpaired) electrons. The lowest BCUT2D eigenvalue weighted by Gasteiger charge is -2.38. The third-order valence-electron chi connectivity index (χ3n) is 6.40. The minimum absolute atomic E-state index is 0.0276. The number of hydrogen-bond donors (Lipinski definition) is 2. The monoisotopic (exact) mass is 506 g/mol. The summed E-state index contributed by atoms with van der Waals surface area (Å²) in [7, 11) is -2.08. The zero-order valence-corrected chi connectivity index (χ0v) is 20.5. The number of hydrogen-bond acceptors (Lipinski definition) is 7. The van der Waals surface area contributed by atoms with E-state index < -0.39 is 15.6 Å². The van der Waals surface area contributed by atoms with Gasteiger partial charge in [-0.15, -0.1) is 0 Å². The third-order valence-corrected chi connectivity index (χ3v) is 7.81. The van der Waals surface area contributed by atoms with E-state index in [9.17, 15) is 18.3 Å². The van der Waals surface area contributed by atoms with E-state index in [1.807, 2.05) is 19.3 Å². The molecule has 186 valence electrons. The van der Waals surface area contributed by atoms with Crippen molar-refractivity contribution in [3.05, 3.63) is 78.4 Å². The number of aromatic nitrogens is 4. The fraction of sp³-hybridized carbons (Fsp3) is 0.280. The van der Waals surface area contributed by atoms with Gasteiger partial charge in [0.2, 0.25) is 0 Å². The molecule has 0 aliphatic carbocycles. The Labute approximate surface area is 208 Å². The number of aliphatic hydroxyl groups is 1. The Morgan fingerprint density at radius 1 is 1.06 bits per heavy atom. The summed E-state index contributed by atoms with van der Waals surface area (Å²) in [6.45, 7) is 0.858. The molecule has 3 heterocycles. The van der Waals surface area contributed by atoms with Crippen molar-refractivity contribution in [2.24, 2.45) is 7.05 Å². The molecule has 1 aliphatic rings. The van der Waals surface area contributed by atoms with Crippen LogP contribution in [0.4, 0.5) is 5.69 Å². The Kier molecular flexibility index (Phi) is 6.19. The molecule has 1 aliphatic heterocycles. The molecular weight excluding hydrogens is 480 g/mol. The topological polar surface area (TPSA) is 130 Å². The van der Waals surface area contributed by atoms with Crippen molar-refractivity contribution in [3.63, 3.8) is 0 Å². The van der Waals surface area contributed by atoms with E-state index in [0.29, 0.717) is 49.1 Å². The van der Waals surface area contributed by atoms with Crippen LogP contribution in [0.5, 0.6) is 0 Å². The highest BCUT2D eigenvalue weighted by atomic mass is 32.2. The van der Waals surface area contributed by atoms with Gasteiger partial charge in [0, 0.05) is 56.4 Å². The average Bonchev–Trinajstić information content (AvgIpc) is 3.27. The van der Waals surface area contributed by atoms with Gasteiger partial charge in [-0.05, 0) is 55.3 Å². The quantitative estimate of drug-likeness (QED) is 0.411. The minimum atomic E-state index is -3.91.